The van der Waals surface area contributed by atoms with Crippen molar-refractivity contribution in [2.24, 2.45) is 0 Å². The standard InChI is InChI=1S/C18H18BrClO/c1-18(21,16-10-9-13(19)11-17(16)20)15-8-3-2-7-14(15)12-5-4-6-12/h2-3,7-12,21H,4-6H2,1H3. The molecule has 0 aliphatic heterocycles. The smallest absolute Gasteiger partial charge is 0.114 e. The van der Waals surface area contributed by atoms with Crippen molar-refractivity contribution in [1.82, 2.24) is 0 Å². The van der Waals surface area contributed by atoms with E-state index in [4.69, 9.17) is 11.6 Å². The van der Waals surface area contributed by atoms with E-state index in [0.29, 0.717) is 10.9 Å². The summed E-state index contributed by atoms with van der Waals surface area (Å²) in [6, 6.07) is 13.8. The zero-order valence-electron chi connectivity index (χ0n) is 11.9. The molecule has 1 saturated carbocycles. The van der Waals surface area contributed by atoms with E-state index >= 15 is 0 Å². The SMILES string of the molecule is CC(O)(c1ccc(Br)cc1Cl)c1ccccc1C1CCC1. The normalized spacial score (nSPS) is 18.1. The van der Waals surface area contributed by atoms with Crippen LogP contribution in [0.25, 0.3) is 0 Å². The van der Waals surface area contributed by atoms with Crippen molar-refractivity contribution in [2.45, 2.75) is 37.7 Å². The van der Waals surface area contributed by atoms with E-state index in [2.05, 4.69) is 28.1 Å². The van der Waals surface area contributed by atoms with E-state index in [1.807, 2.05) is 37.3 Å². The summed E-state index contributed by atoms with van der Waals surface area (Å²) in [5, 5.41) is 11.8. The molecule has 1 N–H and O–H groups in total. The first-order valence-electron chi connectivity index (χ1n) is 7.27. The Morgan fingerprint density at radius 1 is 1.14 bits per heavy atom. The summed E-state index contributed by atoms with van der Waals surface area (Å²) in [6.45, 7) is 1.83. The van der Waals surface area contributed by atoms with Crippen LogP contribution in [-0.2, 0) is 5.60 Å². The van der Waals surface area contributed by atoms with Gasteiger partial charge in [0.2, 0.25) is 0 Å². The maximum atomic E-state index is 11.2. The summed E-state index contributed by atoms with van der Waals surface area (Å²) in [5.74, 6) is 0.571. The summed E-state index contributed by atoms with van der Waals surface area (Å²) in [6.07, 6.45) is 3.70. The van der Waals surface area contributed by atoms with Gasteiger partial charge in [-0.2, -0.15) is 0 Å². The molecular weight excluding hydrogens is 348 g/mol. The van der Waals surface area contributed by atoms with Gasteiger partial charge in [0.25, 0.3) is 0 Å². The summed E-state index contributed by atoms with van der Waals surface area (Å²) >= 11 is 9.76. The predicted octanol–water partition coefficient (Wildman–Crippen LogP) is 5.63. The highest BCUT2D eigenvalue weighted by Gasteiger charge is 2.33. The van der Waals surface area contributed by atoms with Gasteiger partial charge in [-0.05, 0) is 48.9 Å². The van der Waals surface area contributed by atoms with E-state index in [-0.39, 0.29) is 0 Å². The van der Waals surface area contributed by atoms with Gasteiger partial charge >= 0.3 is 0 Å². The predicted molar refractivity (Wildman–Crippen MR) is 90.9 cm³/mol. The molecule has 0 spiro atoms. The minimum absolute atomic E-state index is 0.571. The van der Waals surface area contributed by atoms with Gasteiger partial charge in [-0.25, -0.2) is 0 Å². The second-order valence-corrected chi connectivity index (χ2v) is 7.23. The number of rotatable bonds is 3. The van der Waals surface area contributed by atoms with Crippen LogP contribution in [0.3, 0.4) is 0 Å². The van der Waals surface area contributed by atoms with E-state index in [1.54, 1.807) is 0 Å². The molecule has 0 bridgehead atoms. The molecule has 1 nitrogen and oxygen atoms in total. The molecule has 110 valence electrons. The highest BCUT2D eigenvalue weighted by atomic mass is 79.9. The van der Waals surface area contributed by atoms with Crippen LogP contribution in [0.1, 0.15) is 48.8 Å². The molecule has 21 heavy (non-hydrogen) atoms. The lowest BCUT2D eigenvalue weighted by Gasteiger charge is -2.34. The monoisotopic (exact) mass is 364 g/mol. The molecular formula is C18H18BrClO. The topological polar surface area (TPSA) is 20.2 Å². The fourth-order valence-electron chi connectivity index (χ4n) is 3.04. The van der Waals surface area contributed by atoms with Crippen molar-refractivity contribution in [3.8, 4) is 0 Å². The van der Waals surface area contributed by atoms with Crippen molar-refractivity contribution in [3.05, 3.63) is 68.7 Å². The van der Waals surface area contributed by atoms with Gasteiger partial charge in [0.1, 0.15) is 5.60 Å². The number of benzene rings is 2. The molecule has 0 radical (unpaired) electrons. The lowest BCUT2D eigenvalue weighted by molar-refractivity contribution is 0.100. The fourth-order valence-corrected chi connectivity index (χ4v) is 3.90. The van der Waals surface area contributed by atoms with Gasteiger partial charge in [0.05, 0.1) is 0 Å². The third-order valence-electron chi connectivity index (χ3n) is 4.49. The molecule has 2 aromatic rings. The van der Waals surface area contributed by atoms with Crippen LogP contribution >= 0.6 is 27.5 Å². The second kappa shape index (κ2) is 5.75. The summed E-state index contributed by atoms with van der Waals surface area (Å²) in [4.78, 5) is 0. The first-order chi connectivity index (χ1) is 10.00. The van der Waals surface area contributed by atoms with Gasteiger partial charge in [0, 0.05) is 15.1 Å². The first kappa shape index (κ1) is 15.1. The molecule has 3 heteroatoms. The van der Waals surface area contributed by atoms with Gasteiger partial charge in [0.15, 0.2) is 0 Å². The second-order valence-electron chi connectivity index (χ2n) is 5.91. The minimum atomic E-state index is -1.08. The van der Waals surface area contributed by atoms with E-state index in [0.717, 1.165) is 15.6 Å². The fraction of sp³-hybridized carbons (Fsp3) is 0.333. The number of hydrogen-bond acceptors (Lipinski definition) is 1. The molecule has 1 aliphatic rings. The number of aliphatic hydroxyl groups is 1. The van der Waals surface area contributed by atoms with Crippen molar-refractivity contribution in [1.29, 1.82) is 0 Å². The molecule has 1 unspecified atom stereocenters. The first-order valence-corrected chi connectivity index (χ1v) is 8.44. The average molecular weight is 366 g/mol. The lowest BCUT2D eigenvalue weighted by Crippen LogP contribution is -2.26. The highest BCUT2D eigenvalue weighted by molar-refractivity contribution is 9.10. The molecule has 0 saturated heterocycles. The minimum Gasteiger partial charge on any atom is -0.381 e. The molecule has 0 amide bonds. The Kier molecular flexibility index (Phi) is 4.13. The van der Waals surface area contributed by atoms with Crippen LogP contribution in [0.4, 0.5) is 0 Å². The number of hydrogen-bond donors (Lipinski definition) is 1. The Hall–Kier alpha value is -0.830. The van der Waals surface area contributed by atoms with Crippen LogP contribution in [0.2, 0.25) is 5.02 Å². The molecule has 3 rings (SSSR count). The van der Waals surface area contributed by atoms with E-state index in [1.165, 1.54) is 24.8 Å². The van der Waals surface area contributed by atoms with Crippen molar-refractivity contribution in [3.63, 3.8) is 0 Å². The molecule has 0 heterocycles. The van der Waals surface area contributed by atoms with Gasteiger partial charge in [-0.1, -0.05) is 64.3 Å². The average Bonchev–Trinajstić information content (AvgIpc) is 2.36. The third kappa shape index (κ3) is 2.77. The van der Waals surface area contributed by atoms with E-state index < -0.39 is 5.60 Å². The van der Waals surface area contributed by atoms with Crippen molar-refractivity contribution in [2.75, 3.05) is 0 Å². The molecule has 1 atom stereocenters. The summed E-state index contributed by atoms with van der Waals surface area (Å²) < 4.78 is 0.916. The van der Waals surface area contributed by atoms with E-state index in [9.17, 15) is 5.11 Å². The summed E-state index contributed by atoms with van der Waals surface area (Å²) in [7, 11) is 0. The quantitative estimate of drug-likeness (QED) is 0.748. The Morgan fingerprint density at radius 2 is 1.86 bits per heavy atom. The maximum absolute atomic E-state index is 11.2. The lowest BCUT2D eigenvalue weighted by atomic mass is 9.74. The van der Waals surface area contributed by atoms with Crippen LogP contribution < -0.4 is 0 Å². The van der Waals surface area contributed by atoms with Crippen LogP contribution in [0.5, 0.6) is 0 Å². The van der Waals surface area contributed by atoms with Gasteiger partial charge in [-0.15, -0.1) is 0 Å². The van der Waals surface area contributed by atoms with Crippen LogP contribution in [0.15, 0.2) is 46.9 Å². The third-order valence-corrected chi connectivity index (χ3v) is 5.29. The molecule has 0 aromatic heterocycles. The van der Waals surface area contributed by atoms with Gasteiger partial charge in [-0.3, -0.25) is 0 Å². The summed E-state index contributed by atoms with van der Waals surface area (Å²) in [5.41, 5.74) is 1.90. The molecule has 1 fully saturated rings. The maximum Gasteiger partial charge on any atom is 0.114 e. The van der Waals surface area contributed by atoms with Crippen molar-refractivity contribution < 1.29 is 5.11 Å². The number of halogens is 2. The van der Waals surface area contributed by atoms with Gasteiger partial charge < -0.3 is 5.11 Å². The molecule has 1 aliphatic carbocycles. The zero-order chi connectivity index (χ0) is 15.0. The largest absolute Gasteiger partial charge is 0.381 e. The zero-order valence-corrected chi connectivity index (χ0v) is 14.3. The van der Waals surface area contributed by atoms with Crippen LogP contribution in [-0.4, -0.2) is 5.11 Å². The Morgan fingerprint density at radius 3 is 2.48 bits per heavy atom. The Labute approximate surface area is 139 Å². The Balaban J connectivity index is 2.09. The van der Waals surface area contributed by atoms with Crippen LogP contribution in [0, 0.1) is 0 Å². The Bertz CT molecular complexity index is 662. The molecule has 2 aromatic carbocycles. The highest BCUT2D eigenvalue weighted by Crippen LogP contribution is 2.43. The van der Waals surface area contributed by atoms with Crippen molar-refractivity contribution >= 4 is 27.5 Å².